The van der Waals surface area contributed by atoms with Crippen LogP contribution in [0.4, 0.5) is 5.82 Å². The molecule has 0 spiro atoms. The number of aromatic nitrogens is 2. The average Bonchev–Trinajstić information content (AvgIpc) is 3.14. The molecule has 0 radical (unpaired) electrons. The number of nitrogens with two attached hydrogens (primary N) is 1. The fraction of sp³-hybridized carbons (Fsp3) is 0.308. The predicted octanol–water partition coefficient (Wildman–Crippen LogP) is 1.20. The van der Waals surface area contributed by atoms with Crippen molar-refractivity contribution >= 4 is 15.8 Å². The largest absolute Gasteiger partial charge is 0.382 e. The molecule has 2 aromatic rings. The zero-order valence-electron chi connectivity index (χ0n) is 11.1. The van der Waals surface area contributed by atoms with Gasteiger partial charge in [0.2, 0.25) is 10.0 Å². The highest BCUT2D eigenvalue weighted by molar-refractivity contribution is 7.89. The summed E-state index contributed by atoms with van der Waals surface area (Å²) in [4.78, 5) is 0.269. The van der Waals surface area contributed by atoms with Crippen LogP contribution in [0.2, 0.25) is 0 Å². The van der Waals surface area contributed by atoms with Gasteiger partial charge in [-0.3, -0.25) is 0 Å². The van der Waals surface area contributed by atoms with E-state index in [9.17, 15) is 8.42 Å². The number of hydrogen-bond donors (Lipinski definition) is 2. The van der Waals surface area contributed by atoms with E-state index in [2.05, 4.69) is 9.82 Å². The van der Waals surface area contributed by atoms with Crippen LogP contribution in [0.3, 0.4) is 0 Å². The molecule has 106 valence electrons. The number of benzene rings is 1. The molecule has 0 unspecified atom stereocenters. The number of nitrogens with one attached hydrogen (secondary N) is 1. The van der Waals surface area contributed by atoms with Crippen LogP contribution in [-0.4, -0.2) is 24.2 Å². The van der Waals surface area contributed by atoms with Gasteiger partial charge in [-0.05, 0) is 44.0 Å². The first-order valence-electron chi connectivity index (χ1n) is 6.40. The Hall–Kier alpha value is -1.86. The molecule has 1 heterocycles. The zero-order chi connectivity index (χ0) is 14.3. The SMILES string of the molecule is Cc1cn(-c2ccc(S(=O)(=O)NC3CC3)cc2)nc1N. The number of sulfonamides is 1. The lowest BCUT2D eigenvalue weighted by molar-refractivity contribution is 0.581. The fourth-order valence-corrected chi connectivity index (χ4v) is 3.18. The van der Waals surface area contributed by atoms with E-state index in [1.165, 1.54) is 0 Å². The lowest BCUT2D eigenvalue weighted by atomic mass is 10.3. The quantitative estimate of drug-likeness (QED) is 0.886. The Morgan fingerprint density at radius 3 is 2.45 bits per heavy atom. The second-order valence-corrected chi connectivity index (χ2v) is 6.75. The molecule has 0 aliphatic heterocycles. The topological polar surface area (TPSA) is 90.0 Å². The van der Waals surface area contributed by atoms with Gasteiger partial charge in [0.1, 0.15) is 5.82 Å². The van der Waals surface area contributed by atoms with E-state index in [0.29, 0.717) is 5.82 Å². The van der Waals surface area contributed by atoms with E-state index in [0.717, 1.165) is 24.1 Å². The van der Waals surface area contributed by atoms with E-state index in [1.807, 2.05) is 6.92 Å². The summed E-state index contributed by atoms with van der Waals surface area (Å²) >= 11 is 0. The minimum Gasteiger partial charge on any atom is -0.382 e. The van der Waals surface area contributed by atoms with Crippen molar-refractivity contribution in [1.82, 2.24) is 14.5 Å². The molecule has 0 saturated heterocycles. The molecular formula is C13H16N4O2S. The van der Waals surface area contributed by atoms with Crippen molar-refractivity contribution in [2.45, 2.75) is 30.7 Å². The van der Waals surface area contributed by atoms with Crippen LogP contribution in [0.25, 0.3) is 5.69 Å². The lowest BCUT2D eigenvalue weighted by Crippen LogP contribution is -2.25. The molecule has 1 aromatic carbocycles. The highest BCUT2D eigenvalue weighted by Gasteiger charge is 2.27. The highest BCUT2D eigenvalue weighted by Crippen LogP contribution is 2.22. The van der Waals surface area contributed by atoms with E-state index < -0.39 is 10.0 Å². The van der Waals surface area contributed by atoms with Gasteiger partial charge in [0.05, 0.1) is 10.6 Å². The maximum absolute atomic E-state index is 12.0. The molecule has 1 saturated carbocycles. The van der Waals surface area contributed by atoms with Crippen molar-refractivity contribution in [3.63, 3.8) is 0 Å². The molecule has 1 aliphatic carbocycles. The molecule has 0 amide bonds. The van der Waals surface area contributed by atoms with Crippen LogP contribution in [0.1, 0.15) is 18.4 Å². The molecule has 7 heteroatoms. The molecule has 0 atom stereocenters. The van der Waals surface area contributed by atoms with Crippen LogP contribution in [-0.2, 0) is 10.0 Å². The van der Waals surface area contributed by atoms with Crippen LogP contribution >= 0.6 is 0 Å². The molecular weight excluding hydrogens is 276 g/mol. The summed E-state index contributed by atoms with van der Waals surface area (Å²) in [6.07, 6.45) is 3.65. The van der Waals surface area contributed by atoms with E-state index in [-0.39, 0.29) is 10.9 Å². The van der Waals surface area contributed by atoms with Crippen molar-refractivity contribution in [3.8, 4) is 5.69 Å². The Balaban J connectivity index is 1.87. The first-order chi connectivity index (χ1) is 9.45. The van der Waals surface area contributed by atoms with Gasteiger partial charge in [0.25, 0.3) is 0 Å². The van der Waals surface area contributed by atoms with Gasteiger partial charge in [-0.2, -0.15) is 5.10 Å². The summed E-state index contributed by atoms with van der Waals surface area (Å²) in [7, 11) is -3.40. The van der Waals surface area contributed by atoms with Gasteiger partial charge in [0, 0.05) is 17.8 Å². The van der Waals surface area contributed by atoms with E-state index >= 15 is 0 Å². The molecule has 1 aromatic heterocycles. The van der Waals surface area contributed by atoms with Gasteiger partial charge >= 0.3 is 0 Å². The Morgan fingerprint density at radius 1 is 1.30 bits per heavy atom. The predicted molar refractivity (Wildman–Crippen MR) is 76.1 cm³/mol. The summed E-state index contributed by atoms with van der Waals surface area (Å²) in [6, 6.07) is 6.69. The van der Waals surface area contributed by atoms with Crippen LogP contribution in [0, 0.1) is 6.92 Å². The van der Waals surface area contributed by atoms with Crippen molar-refractivity contribution in [2.24, 2.45) is 0 Å². The van der Waals surface area contributed by atoms with Gasteiger partial charge in [-0.15, -0.1) is 0 Å². The van der Waals surface area contributed by atoms with Crippen molar-refractivity contribution in [1.29, 1.82) is 0 Å². The van der Waals surface area contributed by atoms with E-state index in [4.69, 9.17) is 5.73 Å². The first-order valence-corrected chi connectivity index (χ1v) is 7.88. The minimum absolute atomic E-state index is 0.105. The third-order valence-electron chi connectivity index (χ3n) is 3.25. The Labute approximate surface area is 117 Å². The Bertz CT molecular complexity index is 711. The molecule has 3 rings (SSSR count). The number of aryl methyl sites for hydroxylation is 1. The summed E-state index contributed by atoms with van der Waals surface area (Å²) in [5, 5.41) is 4.16. The highest BCUT2D eigenvalue weighted by atomic mass is 32.2. The minimum atomic E-state index is -3.40. The second-order valence-electron chi connectivity index (χ2n) is 5.03. The summed E-state index contributed by atoms with van der Waals surface area (Å²) in [5.41, 5.74) is 7.36. The molecule has 1 aliphatic rings. The molecule has 20 heavy (non-hydrogen) atoms. The first kappa shape index (κ1) is 13.1. The third kappa shape index (κ3) is 2.54. The Morgan fingerprint density at radius 2 is 1.95 bits per heavy atom. The summed E-state index contributed by atoms with van der Waals surface area (Å²) in [6.45, 7) is 1.87. The van der Waals surface area contributed by atoms with Gasteiger partial charge in [-0.1, -0.05) is 0 Å². The number of nitrogen functional groups attached to an aromatic ring is 1. The summed E-state index contributed by atoms with van der Waals surface area (Å²) < 4.78 is 28.4. The van der Waals surface area contributed by atoms with Gasteiger partial charge in [0.15, 0.2) is 0 Å². The van der Waals surface area contributed by atoms with Crippen LogP contribution in [0.15, 0.2) is 35.4 Å². The zero-order valence-corrected chi connectivity index (χ0v) is 11.9. The second kappa shape index (κ2) is 4.60. The monoisotopic (exact) mass is 292 g/mol. The standard InChI is InChI=1S/C13H16N4O2S/c1-9-8-17(15-13(9)14)11-4-6-12(7-5-11)20(18,19)16-10-2-3-10/h4-8,10,16H,2-3H2,1H3,(H2,14,15). The van der Waals surface area contributed by atoms with Crippen LogP contribution < -0.4 is 10.5 Å². The van der Waals surface area contributed by atoms with Crippen molar-refractivity contribution in [3.05, 3.63) is 36.0 Å². The van der Waals surface area contributed by atoms with Crippen LogP contribution in [0.5, 0.6) is 0 Å². The summed E-state index contributed by atoms with van der Waals surface area (Å²) in [5.74, 6) is 0.470. The van der Waals surface area contributed by atoms with Crippen molar-refractivity contribution < 1.29 is 8.42 Å². The van der Waals surface area contributed by atoms with Gasteiger partial charge < -0.3 is 5.73 Å². The maximum Gasteiger partial charge on any atom is 0.240 e. The third-order valence-corrected chi connectivity index (χ3v) is 4.78. The Kier molecular flexibility index (Phi) is 3.02. The lowest BCUT2D eigenvalue weighted by Gasteiger charge is -2.06. The number of anilines is 1. The fourth-order valence-electron chi connectivity index (χ4n) is 1.87. The number of nitrogens with zero attached hydrogens (tertiary/aromatic N) is 2. The maximum atomic E-state index is 12.0. The number of rotatable bonds is 4. The average molecular weight is 292 g/mol. The smallest absolute Gasteiger partial charge is 0.240 e. The number of hydrogen-bond acceptors (Lipinski definition) is 4. The van der Waals surface area contributed by atoms with E-state index in [1.54, 1.807) is 35.1 Å². The molecule has 0 bridgehead atoms. The van der Waals surface area contributed by atoms with Crippen molar-refractivity contribution in [2.75, 3.05) is 5.73 Å². The molecule has 3 N–H and O–H groups in total. The van der Waals surface area contributed by atoms with Gasteiger partial charge in [-0.25, -0.2) is 17.8 Å². The normalized spacial score (nSPS) is 15.4. The molecule has 1 fully saturated rings. The molecule has 6 nitrogen and oxygen atoms in total.